The van der Waals surface area contributed by atoms with Gasteiger partial charge in [0.2, 0.25) is 6.79 Å². The van der Waals surface area contributed by atoms with Gasteiger partial charge in [0, 0.05) is 6.99 Å². The van der Waals surface area contributed by atoms with E-state index in [1.165, 1.54) is 6.42 Å². The molecular weight excluding hydrogens is 240 g/mol. The molecule has 0 aliphatic carbocycles. The van der Waals surface area contributed by atoms with Gasteiger partial charge in [-0.1, -0.05) is 26.3 Å². The van der Waals surface area contributed by atoms with Crippen LogP contribution in [0.2, 0.25) is 0 Å². The van der Waals surface area contributed by atoms with Crippen LogP contribution in [0.1, 0.15) is 33.1 Å². The summed E-state index contributed by atoms with van der Waals surface area (Å²) in [6, 6.07) is 4.05. The van der Waals surface area contributed by atoms with Gasteiger partial charge in [-0.05, 0) is 25.5 Å². The van der Waals surface area contributed by atoms with E-state index in [9.17, 15) is 0 Å². The van der Waals surface area contributed by atoms with Gasteiger partial charge in [-0.15, -0.1) is 0 Å². The molecule has 0 saturated heterocycles. The molecule has 2 aromatic rings. The highest BCUT2D eigenvalue weighted by molar-refractivity contribution is 5.73. The summed E-state index contributed by atoms with van der Waals surface area (Å²) in [4.78, 5) is 7.38. The number of ether oxygens (including phenoxy) is 2. The van der Waals surface area contributed by atoms with E-state index in [1.807, 2.05) is 32.2 Å². The number of imidazole rings is 1. The minimum atomic E-state index is 0. The van der Waals surface area contributed by atoms with Crippen LogP contribution >= 0.6 is 0 Å². The Bertz CT molecular complexity index is 567. The maximum absolute atomic E-state index is 5.50. The number of rotatable bonds is 1. The van der Waals surface area contributed by atoms with Crippen LogP contribution in [0.25, 0.3) is 11.3 Å². The molecule has 0 saturated carbocycles. The first kappa shape index (κ1) is 13.5. The average molecular weight is 262 g/mol. The molecule has 1 aliphatic rings. The third-order valence-corrected chi connectivity index (χ3v) is 2.71. The summed E-state index contributed by atoms with van der Waals surface area (Å²) in [7, 11) is 0. The van der Waals surface area contributed by atoms with Crippen molar-refractivity contribution >= 4 is 0 Å². The molecule has 0 unspecified atom stereocenters. The lowest BCUT2D eigenvalue weighted by Crippen LogP contribution is -1.93. The summed E-state index contributed by atoms with van der Waals surface area (Å²) < 4.78 is 10.9. The van der Waals surface area contributed by atoms with E-state index in [2.05, 4.69) is 23.8 Å². The Labute approximate surface area is 115 Å². The summed E-state index contributed by atoms with van der Waals surface area (Å²) >= 11 is 0. The third kappa shape index (κ3) is 2.72. The first-order valence-corrected chi connectivity index (χ1v) is 6.58. The Morgan fingerprint density at radius 3 is 2.53 bits per heavy atom. The molecule has 0 atom stereocenters. The largest absolute Gasteiger partial charge is 0.453 e. The Balaban J connectivity index is 0.000000462. The molecule has 0 spiro atoms. The predicted molar refractivity (Wildman–Crippen MR) is 77.7 cm³/mol. The first-order valence-electron chi connectivity index (χ1n) is 6.58. The van der Waals surface area contributed by atoms with E-state index in [0.29, 0.717) is 6.79 Å². The summed E-state index contributed by atoms with van der Waals surface area (Å²) in [5, 5.41) is 0. The number of aromatic amines is 1. The number of nitrogens with zero attached hydrogens (tertiary/aromatic N) is 1. The van der Waals surface area contributed by atoms with Crippen molar-refractivity contribution in [3.8, 4) is 22.8 Å². The molecule has 0 amide bonds. The Kier molecular flexibility index (Phi) is 4.10. The lowest BCUT2D eigenvalue weighted by molar-refractivity contribution is 0.173. The van der Waals surface area contributed by atoms with Gasteiger partial charge in [0.05, 0.1) is 11.9 Å². The van der Waals surface area contributed by atoms with E-state index < -0.39 is 0 Å². The van der Waals surface area contributed by atoms with Crippen molar-refractivity contribution in [3.63, 3.8) is 0 Å². The summed E-state index contributed by atoms with van der Waals surface area (Å²) in [6.07, 6.45) is 3.06. The fraction of sp³-hybridized carbons (Fsp3) is 0.400. The van der Waals surface area contributed by atoms with E-state index in [0.717, 1.165) is 34.1 Å². The van der Waals surface area contributed by atoms with E-state index in [1.54, 1.807) is 0 Å². The molecule has 4 heteroatoms. The Morgan fingerprint density at radius 1 is 1.21 bits per heavy atom. The van der Waals surface area contributed by atoms with Gasteiger partial charge in [-0.2, -0.15) is 0 Å². The molecule has 2 heterocycles. The summed E-state index contributed by atoms with van der Waals surface area (Å²) in [5.41, 5.74) is 3.05. The second-order valence-corrected chi connectivity index (χ2v) is 4.58. The fourth-order valence-corrected chi connectivity index (χ4v) is 1.90. The van der Waals surface area contributed by atoms with Crippen molar-refractivity contribution in [2.75, 3.05) is 6.79 Å². The minimum absolute atomic E-state index is 0. The lowest BCUT2D eigenvalue weighted by atomic mass is 10.1. The quantitative estimate of drug-likeness (QED) is 0.842. The number of hydrogen-bond donors (Lipinski definition) is 1. The highest BCUT2D eigenvalue weighted by Crippen LogP contribution is 2.42. The maximum Gasteiger partial charge on any atom is 0.231 e. The summed E-state index contributed by atoms with van der Waals surface area (Å²) in [5.74, 6) is 2.54. The van der Waals surface area contributed by atoms with Gasteiger partial charge in [0.1, 0.15) is 5.82 Å². The second kappa shape index (κ2) is 5.78. The highest BCUT2D eigenvalue weighted by Gasteiger charge is 2.21. The van der Waals surface area contributed by atoms with Crippen molar-refractivity contribution in [1.82, 2.24) is 9.97 Å². The second-order valence-electron chi connectivity index (χ2n) is 4.58. The van der Waals surface area contributed by atoms with Crippen LogP contribution in [0, 0.1) is 13.8 Å². The monoisotopic (exact) mass is 262 g/mol. The van der Waals surface area contributed by atoms with E-state index >= 15 is 0 Å². The van der Waals surface area contributed by atoms with Crippen molar-refractivity contribution in [3.05, 3.63) is 29.7 Å². The zero-order chi connectivity index (χ0) is 13.8. The smallest absolute Gasteiger partial charge is 0.231 e. The number of aryl methyl sites for hydroxylation is 2. The number of benzene rings is 1. The van der Waals surface area contributed by atoms with Crippen molar-refractivity contribution in [2.24, 2.45) is 0 Å². The van der Waals surface area contributed by atoms with E-state index in [4.69, 9.17) is 9.47 Å². The van der Waals surface area contributed by atoms with Gasteiger partial charge < -0.3 is 14.5 Å². The van der Waals surface area contributed by atoms with Crippen LogP contribution in [-0.2, 0) is 0 Å². The normalized spacial score (nSPS) is 12.0. The topological polar surface area (TPSA) is 47.1 Å². The SMILES string of the molecule is CCC.Cc1ncc(-c2ccc(C)c3c2OCO3)[nH]1.[HH]. The molecule has 1 aliphatic heterocycles. The number of hydrogen-bond acceptors (Lipinski definition) is 3. The maximum atomic E-state index is 5.50. The van der Waals surface area contributed by atoms with Gasteiger partial charge in [-0.25, -0.2) is 4.98 Å². The van der Waals surface area contributed by atoms with Crippen LogP contribution in [0.3, 0.4) is 0 Å². The molecule has 1 aromatic heterocycles. The van der Waals surface area contributed by atoms with Crippen molar-refractivity contribution in [1.29, 1.82) is 0 Å². The van der Waals surface area contributed by atoms with Crippen LogP contribution in [0.5, 0.6) is 11.5 Å². The molecule has 0 bridgehead atoms. The lowest BCUT2D eigenvalue weighted by Gasteiger charge is -2.05. The average Bonchev–Trinajstić information content (AvgIpc) is 3.00. The number of aromatic nitrogens is 2. The molecule has 1 N–H and O–H groups in total. The number of H-pyrrole nitrogens is 1. The van der Waals surface area contributed by atoms with Gasteiger partial charge in [0.25, 0.3) is 0 Å². The molecule has 0 fully saturated rings. The molecular formula is C15H22N2O2. The van der Waals surface area contributed by atoms with Crippen LogP contribution in [0.4, 0.5) is 0 Å². The van der Waals surface area contributed by atoms with Gasteiger partial charge in [0.15, 0.2) is 11.5 Å². The summed E-state index contributed by atoms with van der Waals surface area (Å²) in [6.45, 7) is 8.48. The molecule has 0 radical (unpaired) electrons. The molecule has 104 valence electrons. The minimum Gasteiger partial charge on any atom is -0.453 e. The number of nitrogens with one attached hydrogen (secondary N) is 1. The first-order chi connectivity index (χ1) is 9.17. The third-order valence-electron chi connectivity index (χ3n) is 2.71. The predicted octanol–water partition coefficient (Wildman–Crippen LogP) is 4.08. The Morgan fingerprint density at radius 2 is 1.89 bits per heavy atom. The van der Waals surface area contributed by atoms with Crippen LogP contribution in [-0.4, -0.2) is 16.8 Å². The molecule has 19 heavy (non-hydrogen) atoms. The van der Waals surface area contributed by atoms with E-state index in [-0.39, 0.29) is 1.43 Å². The van der Waals surface area contributed by atoms with Crippen LogP contribution < -0.4 is 9.47 Å². The number of fused-ring (bicyclic) bond motifs is 1. The highest BCUT2D eigenvalue weighted by atomic mass is 16.7. The Hall–Kier alpha value is -1.97. The van der Waals surface area contributed by atoms with Crippen LogP contribution in [0.15, 0.2) is 18.3 Å². The fourth-order valence-electron chi connectivity index (χ4n) is 1.90. The van der Waals surface area contributed by atoms with Crippen molar-refractivity contribution < 1.29 is 10.9 Å². The molecule has 4 nitrogen and oxygen atoms in total. The molecule has 3 rings (SSSR count). The van der Waals surface area contributed by atoms with Gasteiger partial charge >= 0.3 is 0 Å². The molecule has 1 aromatic carbocycles. The standard InChI is InChI=1S/C12H12N2O2.C3H8.H2/c1-7-3-4-9(10-5-13-8(2)14-10)12-11(7)15-6-16-12;1-3-2;/h3-5H,6H2,1-2H3,(H,13,14);3H2,1-2H3;1H. The van der Waals surface area contributed by atoms with Gasteiger partial charge in [-0.3, -0.25) is 0 Å². The van der Waals surface area contributed by atoms with Crippen molar-refractivity contribution in [2.45, 2.75) is 34.1 Å². The zero-order valence-electron chi connectivity index (χ0n) is 11.9. The zero-order valence-corrected chi connectivity index (χ0v) is 11.9.